The Morgan fingerprint density at radius 3 is 2.61 bits per heavy atom. The molecule has 0 atom stereocenters. The highest BCUT2D eigenvalue weighted by molar-refractivity contribution is 6.09. The fourth-order valence-corrected chi connectivity index (χ4v) is 1.21. The number of aliphatic hydroxyl groups excluding tert-OH is 1. The smallest absolute Gasteiger partial charge is 0.133 e. The molecule has 1 aromatic rings. The van der Waals surface area contributed by atoms with Crippen molar-refractivity contribution in [3.63, 3.8) is 0 Å². The van der Waals surface area contributed by atoms with Gasteiger partial charge in [-0.05, 0) is 17.7 Å². The Labute approximate surface area is 103 Å². The van der Waals surface area contributed by atoms with E-state index in [-0.39, 0.29) is 22.4 Å². The number of aliphatic imine (C=N–C) groups is 1. The van der Waals surface area contributed by atoms with Gasteiger partial charge in [0.25, 0.3) is 0 Å². The number of rotatable bonds is 4. The molecule has 0 fully saturated rings. The van der Waals surface area contributed by atoms with E-state index in [2.05, 4.69) is 18.2 Å². The molecule has 0 bridgehead atoms. The van der Waals surface area contributed by atoms with Gasteiger partial charge in [-0.25, -0.2) is 13.8 Å². The van der Waals surface area contributed by atoms with Gasteiger partial charge in [0.1, 0.15) is 23.4 Å². The molecule has 5 heteroatoms. The summed E-state index contributed by atoms with van der Waals surface area (Å²) in [6, 6.07) is 3.49. The lowest BCUT2D eigenvalue weighted by Crippen LogP contribution is -1.97. The van der Waals surface area contributed by atoms with Crippen molar-refractivity contribution in [1.29, 1.82) is 5.26 Å². The molecule has 0 aliphatic heterocycles. The second kappa shape index (κ2) is 5.84. The van der Waals surface area contributed by atoms with Gasteiger partial charge in [-0.1, -0.05) is 13.2 Å². The van der Waals surface area contributed by atoms with E-state index in [9.17, 15) is 8.78 Å². The highest BCUT2D eigenvalue weighted by Crippen LogP contribution is 2.20. The maximum Gasteiger partial charge on any atom is 0.133 e. The number of nitriles is 1. The van der Waals surface area contributed by atoms with Crippen molar-refractivity contribution in [2.75, 3.05) is 0 Å². The van der Waals surface area contributed by atoms with Crippen LogP contribution in [-0.4, -0.2) is 11.3 Å². The van der Waals surface area contributed by atoms with E-state index in [1.54, 1.807) is 6.07 Å². The Hall–Kier alpha value is -2.32. The lowest BCUT2D eigenvalue weighted by molar-refractivity contribution is 0.275. The summed E-state index contributed by atoms with van der Waals surface area (Å²) in [6.07, 6.45) is 1.13. The SMILES string of the molecule is C=C(C#N)N=CC(=C)c1cc(F)c(CO)cc1F. The summed E-state index contributed by atoms with van der Waals surface area (Å²) in [5.74, 6) is -1.46. The van der Waals surface area contributed by atoms with Crippen molar-refractivity contribution in [3.8, 4) is 6.07 Å². The molecule has 18 heavy (non-hydrogen) atoms. The molecule has 0 aliphatic carbocycles. The van der Waals surface area contributed by atoms with E-state index in [0.717, 1.165) is 18.3 Å². The zero-order valence-corrected chi connectivity index (χ0v) is 9.45. The van der Waals surface area contributed by atoms with Crippen LogP contribution in [0.5, 0.6) is 0 Å². The van der Waals surface area contributed by atoms with Crippen LogP contribution < -0.4 is 0 Å². The van der Waals surface area contributed by atoms with Crippen molar-refractivity contribution in [2.24, 2.45) is 4.99 Å². The minimum absolute atomic E-state index is 0.0657. The molecule has 0 amide bonds. The molecule has 0 saturated carbocycles. The highest BCUT2D eigenvalue weighted by atomic mass is 19.1. The van der Waals surface area contributed by atoms with Crippen molar-refractivity contribution in [2.45, 2.75) is 6.61 Å². The van der Waals surface area contributed by atoms with Crippen LogP contribution in [0.2, 0.25) is 0 Å². The molecule has 0 spiro atoms. The Kier molecular flexibility index (Phi) is 4.46. The van der Waals surface area contributed by atoms with Gasteiger partial charge in [0.05, 0.1) is 6.61 Å². The van der Waals surface area contributed by atoms with E-state index in [1.807, 2.05) is 0 Å². The summed E-state index contributed by atoms with van der Waals surface area (Å²) < 4.78 is 27.0. The minimum atomic E-state index is -0.734. The third-order valence-electron chi connectivity index (χ3n) is 2.16. The summed E-state index contributed by atoms with van der Waals surface area (Å²) in [6.45, 7) is 6.24. The Balaban J connectivity index is 3.08. The number of hydrogen-bond donors (Lipinski definition) is 1. The van der Waals surface area contributed by atoms with Crippen LogP contribution in [0, 0.1) is 23.0 Å². The first-order valence-corrected chi connectivity index (χ1v) is 4.90. The van der Waals surface area contributed by atoms with Gasteiger partial charge in [-0.15, -0.1) is 0 Å². The van der Waals surface area contributed by atoms with Crippen LogP contribution in [0.4, 0.5) is 8.78 Å². The second-order valence-corrected chi connectivity index (χ2v) is 3.42. The number of halogens is 2. The minimum Gasteiger partial charge on any atom is -0.392 e. The fourth-order valence-electron chi connectivity index (χ4n) is 1.21. The van der Waals surface area contributed by atoms with Crippen molar-refractivity contribution < 1.29 is 13.9 Å². The third-order valence-corrected chi connectivity index (χ3v) is 2.16. The predicted octanol–water partition coefficient (Wildman–Crippen LogP) is 2.58. The monoisotopic (exact) mass is 248 g/mol. The highest BCUT2D eigenvalue weighted by Gasteiger charge is 2.10. The van der Waals surface area contributed by atoms with Crippen molar-refractivity contribution >= 4 is 11.8 Å². The largest absolute Gasteiger partial charge is 0.392 e. The van der Waals surface area contributed by atoms with Gasteiger partial charge in [0, 0.05) is 17.3 Å². The molecule has 3 nitrogen and oxygen atoms in total. The van der Waals surface area contributed by atoms with Gasteiger partial charge < -0.3 is 5.11 Å². The Bertz CT molecular complexity index is 571. The first kappa shape index (κ1) is 13.7. The molecule has 1 rings (SSSR count). The normalized spacial score (nSPS) is 10.3. The second-order valence-electron chi connectivity index (χ2n) is 3.42. The average molecular weight is 248 g/mol. The predicted molar refractivity (Wildman–Crippen MR) is 64.6 cm³/mol. The molecular weight excluding hydrogens is 238 g/mol. The standard InChI is InChI=1S/C13H10F2N2O/c1-8(6-17-9(2)5-16)11-4-12(14)10(7-18)3-13(11)15/h3-4,6,18H,1-2,7H2. The topological polar surface area (TPSA) is 56.4 Å². The molecule has 0 unspecified atom stereocenters. The lowest BCUT2D eigenvalue weighted by atomic mass is 10.0. The van der Waals surface area contributed by atoms with Gasteiger partial charge >= 0.3 is 0 Å². The maximum absolute atomic E-state index is 13.6. The molecule has 1 N–H and O–H groups in total. The van der Waals surface area contributed by atoms with Crippen LogP contribution in [-0.2, 0) is 6.61 Å². The summed E-state index contributed by atoms with van der Waals surface area (Å²) in [5.41, 5.74) is -0.182. The molecule has 0 saturated heterocycles. The average Bonchev–Trinajstić information content (AvgIpc) is 2.37. The van der Waals surface area contributed by atoms with Crippen molar-refractivity contribution in [1.82, 2.24) is 0 Å². The van der Waals surface area contributed by atoms with Crippen LogP contribution in [0.25, 0.3) is 5.57 Å². The summed E-state index contributed by atoms with van der Waals surface area (Å²) >= 11 is 0. The summed E-state index contributed by atoms with van der Waals surface area (Å²) in [4.78, 5) is 3.61. The summed E-state index contributed by atoms with van der Waals surface area (Å²) in [7, 11) is 0. The molecule has 0 radical (unpaired) electrons. The van der Waals surface area contributed by atoms with Crippen LogP contribution in [0.1, 0.15) is 11.1 Å². The molecule has 0 heterocycles. The van der Waals surface area contributed by atoms with E-state index >= 15 is 0 Å². The van der Waals surface area contributed by atoms with E-state index in [0.29, 0.717) is 0 Å². The summed E-state index contributed by atoms with van der Waals surface area (Å²) in [5, 5.41) is 17.2. The van der Waals surface area contributed by atoms with Crippen LogP contribution in [0.3, 0.4) is 0 Å². The zero-order valence-electron chi connectivity index (χ0n) is 9.45. The zero-order chi connectivity index (χ0) is 13.7. The molecule has 0 aliphatic rings. The number of nitrogens with zero attached hydrogens (tertiary/aromatic N) is 2. The molecular formula is C13H10F2N2O. The van der Waals surface area contributed by atoms with E-state index in [4.69, 9.17) is 10.4 Å². The van der Waals surface area contributed by atoms with Crippen LogP contribution in [0.15, 0.2) is 36.0 Å². The van der Waals surface area contributed by atoms with Gasteiger partial charge in [-0.3, -0.25) is 0 Å². The van der Waals surface area contributed by atoms with Crippen LogP contribution >= 0.6 is 0 Å². The third kappa shape index (κ3) is 3.09. The first-order valence-electron chi connectivity index (χ1n) is 4.90. The number of benzene rings is 1. The maximum atomic E-state index is 13.6. The van der Waals surface area contributed by atoms with E-state index in [1.165, 1.54) is 0 Å². The van der Waals surface area contributed by atoms with Gasteiger partial charge in [0.2, 0.25) is 0 Å². The first-order chi connectivity index (χ1) is 8.49. The Morgan fingerprint density at radius 2 is 2.06 bits per heavy atom. The quantitative estimate of drug-likeness (QED) is 0.657. The van der Waals surface area contributed by atoms with Gasteiger partial charge in [0.15, 0.2) is 0 Å². The fraction of sp³-hybridized carbons (Fsp3) is 0.0769. The molecule has 0 aromatic heterocycles. The van der Waals surface area contributed by atoms with Crippen molar-refractivity contribution in [3.05, 3.63) is 53.7 Å². The number of aliphatic hydroxyl groups is 1. The van der Waals surface area contributed by atoms with Gasteiger partial charge in [-0.2, -0.15) is 5.26 Å². The lowest BCUT2D eigenvalue weighted by Gasteiger charge is -2.06. The Morgan fingerprint density at radius 1 is 1.39 bits per heavy atom. The number of hydrogen-bond acceptors (Lipinski definition) is 3. The molecule has 1 aromatic carbocycles. The number of allylic oxidation sites excluding steroid dienone is 2. The molecule has 92 valence electrons. The van der Waals surface area contributed by atoms with E-state index < -0.39 is 18.2 Å².